The van der Waals surface area contributed by atoms with Gasteiger partial charge in [-0.15, -0.1) is 0 Å². The van der Waals surface area contributed by atoms with Crippen molar-refractivity contribution in [3.63, 3.8) is 0 Å². The Hall–Kier alpha value is -1.88. The number of hydrogen-bond acceptors (Lipinski definition) is 3. The lowest BCUT2D eigenvalue weighted by Crippen LogP contribution is -2.51. The predicted octanol–water partition coefficient (Wildman–Crippen LogP) is 0.684. The molecule has 1 aromatic rings. The average Bonchev–Trinajstić information content (AvgIpc) is 3.01. The van der Waals surface area contributed by atoms with Crippen LogP contribution in [0.15, 0.2) is 30.3 Å². The lowest BCUT2D eigenvalue weighted by atomic mass is 10.1. The highest BCUT2D eigenvalue weighted by Gasteiger charge is 2.25. The van der Waals surface area contributed by atoms with E-state index in [2.05, 4.69) is 5.32 Å². The van der Waals surface area contributed by atoms with Crippen LogP contribution in [0.25, 0.3) is 0 Å². The maximum absolute atomic E-state index is 12.1. The smallest absolute Gasteiger partial charge is 0.244 e. The molecule has 2 rings (SSSR count). The first-order valence-corrected chi connectivity index (χ1v) is 7.46. The van der Waals surface area contributed by atoms with Gasteiger partial charge in [-0.2, -0.15) is 0 Å². The number of benzene rings is 1. The molecule has 2 atom stereocenters. The van der Waals surface area contributed by atoms with Gasteiger partial charge in [0.1, 0.15) is 6.04 Å². The van der Waals surface area contributed by atoms with Gasteiger partial charge >= 0.3 is 0 Å². The minimum Gasteiger partial charge on any atom is -0.343 e. The molecule has 1 unspecified atom stereocenters. The van der Waals surface area contributed by atoms with E-state index in [1.165, 1.54) is 0 Å². The Labute approximate surface area is 125 Å². The number of amides is 2. The zero-order valence-electron chi connectivity index (χ0n) is 12.4. The van der Waals surface area contributed by atoms with Gasteiger partial charge in [0.2, 0.25) is 11.8 Å². The topological polar surface area (TPSA) is 75.4 Å². The third-order valence-electron chi connectivity index (χ3n) is 3.78. The van der Waals surface area contributed by atoms with Gasteiger partial charge in [-0.1, -0.05) is 30.3 Å². The molecular formula is C16H23N3O2. The van der Waals surface area contributed by atoms with E-state index in [0.717, 1.165) is 31.5 Å². The lowest BCUT2D eigenvalue weighted by molar-refractivity contribution is -0.135. The second-order valence-corrected chi connectivity index (χ2v) is 5.56. The van der Waals surface area contributed by atoms with Crippen LogP contribution in [0.3, 0.4) is 0 Å². The molecule has 1 saturated heterocycles. The first-order valence-electron chi connectivity index (χ1n) is 7.46. The number of carbonyl (C=O) groups is 2. The van der Waals surface area contributed by atoms with E-state index >= 15 is 0 Å². The van der Waals surface area contributed by atoms with Gasteiger partial charge in [-0.25, -0.2) is 0 Å². The number of hydrogen-bond donors (Lipinski definition) is 2. The summed E-state index contributed by atoms with van der Waals surface area (Å²) in [5, 5.41) is 2.72. The maximum atomic E-state index is 12.1. The van der Waals surface area contributed by atoms with Crippen LogP contribution in [-0.2, 0) is 16.0 Å². The molecule has 2 amide bonds. The molecule has 1 heterocycles. The van der Waals surface area contributed by atoms with Gasteiger partial charge in [0.25, 0.3) is 0 Å². The Bertz CT molecular complexity index is 484. The zero-order valence-corrected chi connectivity index (χ0v) is 12.4. The maximum Gasteiger partial charge on any atom is 0.244 e. The van der Waals surface area contributed by atoms with Crippen molar-refractivity contribution in [2.75, 3.05) is 13.1 Å². The van der Waals surface area contributed by atoms with Gasteiger partial charge in [0.05, 0.1) is 6.04 Å². The molecule has 0 spiro atoms. The zero-order chi connectivity index (χ0) is 15.2. The quantitative estimate of drug-likeness (QED) is 0.837. The molecule has 0 bridgehead atoms. The van der Waals surface area contributed by atoms with Crippen LogP contribution < -0.4 is 11.1 Å². The molecule has 0 aliphatic carbocycles. The van der Waals surface area contributed by atoms with E-state index in [1.54, 1.807) is 11.8 Å². The highest BCUT2D eigenvalue weighted by molar-refractivity contribution is 5.89. The first kappa shape index (κ1) is 15.5. The van der Waals surface area contributed by atoms with E-state index < -0.39 is 12.1 Å². The Morgan fingerprint density at radius 3 is 2.48 bits per heavy atom. The highest BCUT2D eigenvalue weighted by Crippen LogP contribution is 2.09. The summed E-state index contributed by atoms with van der Waals surface area (Å²) in [5.41, 5.74) is 6.93. The standard InChI is InChI=1S/C16H23N3O2/c1-12(16(21)19-9-5-6-10-19)18-15(20)14(17)11-13-7-3-2-4-8-13/h2-4,7-8,12,14H,5-6,9-11,17H2,1H3,(H,18,20)/t12?,14-/m0/s1. The summed E-state index contributed by atoms with van der Waals surface area (Å²) >= 11 is 0. The molecule has 5 heteroatoms. The van der Waals surface area contributed by atoms with Crippen LogP contribution in [0, 0.1) is 0 Å². The molecule has 1 aromatic carbocycles. The van der Waals surface area contributed by atoms with Crippen molar-refractivity contribution < 1.29 is 9.59 Å². The monoisotopic (exact) mass is 289 g/mol. The van der Waals surface area contributed by atoms with E-state index in [9.17, 15) is 9.59 Å². The minimum absolute atomic E-state index is 0.0206. The first-order chi connectivity index (χ1) is 10.1. The van der Waals surface area contributed by atoms with Gasteiger partial charge in [0.15, 0.2) is 0 Å². The number of nitrogens with one attached hydrogen (secondary N) is 1. The summed E-state index contributed by atoms with van der Waals surface area (Å²) in [4.78, 5) is 26.0. The molecule has 0 aromatic heterocycles. The molecule has 0 radical (unpaired) electrons. The van der Waals surface area contributed by atoms with Crippen molar-refractivity contribution in [2.24, 2.45) is 5.73 Å². The molecule has 114 valence electrons. The molecule has 1 aliphatic rings. The fourth-order valence-corrected chi connectivity index (χ4v) is 2.55. The van der Waals surface area contributed by atoms with Crippen molar-refractivity contribution in [1.82, 2.24) is 10.2 Å². The third kappa shape index (κ3) is 4.29. The van der Waals surface area contributed by atoms with Crippen molar-refractivity contribution in [1.29, 1.82) is 0 Å². The fraction of sp³-hybridized carbons (Fsp3) is 0.500. The largest absolute Gasteiger partial charge is 0.343 e. The molecule has 0 saturated carbocycles. The van der Waals surface area contributed by atoms with E-state index in [0.29, 0.717) is 6.42 Å². The Morgan fingerprint density at radius 1 is 1.24 bits per heavy atom. The summed E-state index contributed by atoms with van der Waals surface area (Å²) in [7, 11) is 0. The van der Waals surface area contributed by atoms with Gasteiger partial charge < -0.3 is 16.0 Å². The van der Waals surface area contributed by atoms with E-state index in [4.69, 9.17) is 5.73 Å². The summed E-state index contributed by atoms with van der Waals surface area (Å²) in [6, 6.07) is 8.47. The lowest BCUT2D eigenvalue weighted by Gasteiger charge is -2.22. The van der Waals surface area contributed by atoms with Crippen LogP contribution in [0.4, 0.5) is 0 Å². The summed E-state index contributed by atoms with van der Waals surface area (Å²) in [6.07, 6.45) is 2.55. The molecule has 21 heavy (non-hydrogen) atoms. The van der Waals surface area contributed by atoms with E-state index in [-0.39, 0.29) is 11.8 Å². The molecule has 3 N–H and O–H groups in total. The molecule has 1 fully saturated rings. The Morgan fingerprint density at radius 2 is 1.86 bits per heavy atom. The van der Waals surface area contributed by atoms with Crippen LogP contribution in [0.2, 0.25) is 0 Å². The van der Waals surface area contributed by atoms with Crippen molar-refractivity contribution in [2.45, 2.75) is 38.3 Å². The highest BCUT2D eigenvalue weighted by atomic mass is 16.2. The summed E-state index contributed by atoms with van der Waals surface area (Å²) in [6.45, 7) is 3.29. The molecule has 1 aliphatic heterocycles. The SMILES string of the molecule is CC(NC(=O)[C@@H](N)Cc1ccccc1)C(=O)N1CCCC1. The van der Waals surface area contributed by atoms with Crippen LogP contribution in [-0.4, -0.2) is 41.9 Å². The van der Waals surface area contributed by atoms with Crippen LogP contribution >= 0.6 is 0 Å². The number of likely N-dealkylation sites (tertiary alicyclic amines) is 1. The van der Waals surface area contributed by atoms with Crippen LogP contribution in [0.1, 0.15) is 25.3 Å². The van der Waals surface area contributed by atoms with Gasteiger partial charge in [-0.05, 0) is 31.7 Å². The van der Waals surface area contributed by atoms with Crippen LogP contribution in [0.5, 0.6) is 0 Å². The third-order valence-corrected chi connectivity index (χ3v) is 3.78. The second-order valence-electron chi connectivity index (χ2n) is 5.56. The normalized spacial score (nSPS) is 17.3. The van der Waals surface area contributed by atoms with E-state index in [1.807, 2.05) is 30.3 Å². The fourth-order valence-electron chi connectivity index (χ4n) is 2.55. The molecular weight excluding hydrogens is 266 g/mol. The number of carbonyl (C=O) groups excluding carboxylic acids is 2. The summed E-state index contributed by atoms with van der Waals surface area (Å²) in [5.74, 6) is -0.299. The Balaban J connectivity index is 1.83. The predicted molar refractivity (Wildman–Crippen MR) is 81.5 cm³/mol. The molecule has 5 nitrogen and oxygen atoms in total. The van der Waals surface area contributed by atoms with Crippen molar-refractivity contribution in [3.05, 3.63) is 35.9 Å². The Kier molecular flexibility index (Phi) is 5.33. The number of nitrogens with two attached hydrogens (primary N) is 1. The van der Waals surface area contributed by atoms with Gasteiger partial charge in [-0.3, -0.25) is 9.59 Å². The number of rotatable bonds is 5. The minimum atomic E-state index is -0.638. The van der Waals surface area contributed by atoms with Crippen molar-refractivity contribution in [3.8, 4) is 0 Å². The van der Waals surface area contributed by atoms with Crippen molar-refractivity contribution >= 4 is 11.8 Å². The second kappa shape index (κ2) is 7.22. The average molecular weight is 289 g/mol. The summed E-state index contributed by atoms with van der Waals surface area (Å²) < 4.78 is 0. The van der Waals surface area contributed by atoms with Gasteiger partial charge in [0, 0.05) is 13.1 Å². The number of nitrogens with zero attached hydrogens (tertiary/aromatic N) is 1.